The number of aliphatic hydroxyl groups is 1. The molecule has 2 saturated carbocycles. The van der Waals surface area contributed by atoms with Crippen LogP contribution in [0.15, 0.2) is 22.8 Å². The maximum atomic E-state index is 10.3. The number of piperidine rings is 1. The van der Waals surface area contributed by atoms with Gasteiger partial charge < -0.3 is 9.84 Å². The molecule has 0 aromatic rings. The van der Waals surface area contributed by atoms with Crippen molar-refractivity contribution in [3.63, 3.8) is 0 Å². The van der Waals surface area contributed by atoms with Crippen molar-refractivity contribution in [2.75, 3.05) is 19.0 Å². The zero-order chi connectivity index (χ0) is 23.8. The molecule has 2 saturated heterocycles. The minimum absolute atomic E-state index is 0.0133. The van der Waals surface area contributed by atoms with Crippen molar-refractivity contribution < 1.29 is 9.84 Å². The Morgan fingerprint density at radius 3 is 2.82 bits per heavy atom. The fraction of sp³-hybridized carbons (Fsp3) is 0.867. The average molecular weight is 488 g/mol. The molecule has 4 heteroatoms. The van der Waals surface area contributed by atoms with Crippen molar-refractivity contribution in [3.05, 3.63) is 22.8 Å². The van der Waals surface area contributed by atoms with Crippen molar-refractivity contribution in [3.8, 4) is 0 Å². The quantitative estimate of drug-likeness (QED) is 0.364. The van der Waals surface area contributed by atoms with Crippen molar-refractivity contribution in [1.82, 2.24) is 4.90 Å². The van der Waals surface area contributed by atoms with Gasteiger partial charge in [0.2, 0.25) is 0 Å². The number of nitrogens with zero attached hydrogens (tertiary/aromatic N) is 1. The highest BCUT2D eigenvalue weighted by molar-refractivity contribution is 6.18. The molecule has 1 N–H and O–H groups in total. The van der Waals surface area contributed by atoms with Gasteiger partial charge in [0.25, 0.3) is 0 Å². The maximum Gasteiger partial charge on any atom is 0.0765 e. The first-order chi connectivity index (χ1) is 16.3. The van der Waals surface area contributed by atoms with Crippen LogP contribution in [0.5, 0.6) is 0 Å². The van der Waals surface area contributed by atoms with E-state index < -0.39 is 0 Å². The number of halogens is 1. The van der Waals surface area contributed by atoms with Crippen LogP contribution in [0.3, 0.4) is 0 Å². The number of alkyl halides is 1. The van der Waals surface area contributed by atoms with E-state index in [9.17, 15) is 5.11 Å². The van der Waals surface area contributed by atoms with E-state index in [1.165, 1.54) is 51.5 Å². The molecule has 4 fully saturated rings. The van der Waals surface area contributed by atoms with E-state index in [-0.39, 0.29) is 11.7 Å². The molecule has 6 rings (SSSR count). The number of ether oxygens (including phenoxy) is 1. The Morgan fingerprint density at radius 1 is 1.21 bits per heavy atom. The molecular weight excluding hydrogens is 442 g/mol. The molecule has 6 aliphatic rings. The predicted octanol–water partition coefficient (Wildman–Crippen LogP) is 6.34. The summed E-state index contributed by atoms with van der Waals surface area (Å²) in [5.41, 5.74) is 5.36. The van der Waals surface area contributed by atoms with Gasteiger partial charge in [0.15, 0.2) is 0 Å². The van der Waals surface area contributed by atoms with Crippen LogP contribution in [-0.2, 0) is 4.74 Å². The standard InChI is InChI=1S/C30H46ClNO2/c1-18-13-27-28(32(17-18)12-11-31)20(3)30(34-27)10-8-23-24-6-5-21-14-22(33)7-9-29(21,4)26(24)15-25(23)19(2)16-30/h14,18,20,22-24,26-28,33H,5-13,15-17H2,1-4H3/t18-,20+,22-,23-,24-,26-,27+,28-,29-,30?/m0/s1. The molecule has 0 aromatic heterocycles. The zero-order valence-corrected chi connectivity index (χ0v) is 22.6. The van der Waals surface area contributed by atoms with Crippen LogP contribution in [0.1, 0.15) is 85.5 Å². The molecule has 1 spiro atoms. The van der Waals surface area contributed by atoms with Gasteiger partial charge in [0.05, 0.1) is 17.8 Å². The molecule has 0 bridgehead atoms. The largest absolute Gasteiger partial charge is 0.389 e. The van der Waals surface area contributed by atoms with Crippen LogP contribution in [0, 0.1) is 35.0 Å². The van der Waals surface area contributed by atoms with E-state index in [0.29, 0.717) is 29.4 Å². The topological polar surface area (TPSA) is 32.7 Å². The minimum atomic E-state index is -0.210. The summed E-state index contributed by atoms with van der Waals surface area (Å²) in [5, 5.41) is 10.3. The number of allylic oxidation sites excluding steroid dienone is 2. The molecule has 10 atom stereocenters. The minimum Gasteiger partial charge on any atom is -0.389 e. The number of rotatable bonds is 2. The highest BCUT2D eigenvalue weighted by Crippen LogP contribution is 2.64. The Hall–Kier alpha value is -0.350. The molecule has 0 aromatic carbocycles. The van der Waals surface area contributed by atoms with E-state index in [1.54, 1.807) is 16.7 Å². The summed E-state index contributed by atoms with van der Waals surface area (Å²) in [7, 11) is 0. The highest BCUT2D eigenvalue weighted by Gasteiger charge is 2.59. The molecule has 0 amide bonds. The number of fused-ring (bicyclic) bond motifs is 6. The third-order valence-electron chi connectivity index (χ3n) is 11.6. The van der Waals surface area contributed by atoms with E-state index in [4.69, 9.17) is 16.3 Å². The Balaban J connectivity index is 1.28. The van der Waals surface area contributed by atoms with Crippen molar-refractivity contribution in [1.29, 1.82) is 0 Å². The van der Waals surface area contributed by atoms with E-state index in [2.05, 4.69) is 38.7 Å². The molecule has 4 aliphatic carbocycles. The van der Waals surface area contributed by atoms with Crippen LogP contribution in [0.25, 0.3) is 0 Å². The zero-order valence-electron chi connectivity index (χ0n) is 21.9. The normalized spacial score (nSPS) is 50.9. The SMILES string of the molecule is CC1=C2C[C@H]3[C@@H](CCC4=C[C@@H](O)CC[C@@]43C)[C@@H]2CCC2(C1)O[C@@H]1C[C@H](C)CN(CCCl)[C@H]1[C@H]2C. The van der Waals surface area contributed by atoms with Crippen molar-refractivity contribution in [2.45, 2.75) is 109 Å². The van der Waals surface area contributed by atoms with Crippen LogP contribution >= 0.6 is 11.6 Å². The fourth-order valence-electron chi connectivity index (χ4n) is 10.0. The Morgan fingerprint density at radius 2 is 2.03 bits per heavy atom. The first-order valence-electron chi connectivity index (χ1n) is 14.3. The number of hydrogen-bond acceptors (Lipinski definition) is 3. The van der Waals surface area contributed by atoms with Gasteiger partial charge in [-0.3, -0.25) is 4.90 Å². The van der Waals surface area contributed by atoms with Gasteiger partial charge >= 0.3 is 0 Å². The smallest absolute Gasteiger partial charge is 0.0765 e. The van der Waals surface area contributed by atoms with Gasteiger partial charge in [-0.05, 0) is 93.8 Å². The molecule has 2 heterocycles. The molecular formula is C30H46ClNO2. The molecule has 1 unspecified atom stereocenters. The lowest BCUT2D eigenvalue weighted by atomic mass is 9.56. The number of hydrogen-bond donors (Lipinski definition) is 1. The first kappa shape index (κ1) is 24.0. The first-order valence-corrected chi connectivity index (χ1v) is 14.8. The summed E-state index contributed by atoms with van der Waals surface area (Å²) >= 11 is 6.24. The summed E-state index contributed by atoms with van der Waals surface area (Å²) in [6.07, 6.45) is 13.2. The van der Waals surface area contributed by atoms with Gasteiger partial charge in [-0.25, -0.2) is 0 Å². The summed E-state index contributed by atoms with van der Waals surface area (Å²) in [5.74, 6) is 4.33. The Labute approximate surface area is 212 Å². The monoisotopic (exact) mass is 487 g/mol. The number of aliphatic hydroxyl groups excluding tert-OH is 1. The predicted molar refractivity (Wildman–Crippen MR) is 139 cm³/mol. The van der Waals surface area contributed by atoms with Gasteiger partial charge in [-0.2, -0.15) is 0 Å². The van der Waals surface area contributed by atoms with Crippen LogP contribution in [-0.4, -0.2) is 52.8 Å². The summed E-state index contributed by atoms with van der Waals surface area (Å²) in [6, 6.07) is 0.536. The molecule has 3 nitrogen and oxygen atoms in total. The average Bonchev–Trinajstić information content (AvgIpc) is 3.25. The van der Waals surface area contributed by atoms with Crippen LogP contribution in [0.2, 0.25) is 0 Å². The second kappa shape index (κ2) is 8.61. The lowest BCUT2D eigenvalue weighted by Crippen LogP contribution is -2.52. The lowest BCUT2D eigenvalue weighted by molar-refractivity contribution is -0.0790. The van der Waals surface area contributed by atoms with Gasteiger partial charge in [-0.1, -0.05) is 43.6 Å². The Kier molecular flexibility index (Phi) is 6.08. The van der Waals surface area contributed by atoms with Crippen molar-refractivity contribution in [2.24, 2.45) is 35.0 Å². The summed E-state index contributed by atoms with van der Waals surface area (Å²) in [4.78, 5) is 2.67. The van der Waals surface area contributed by atoms with Crippen LogP contribution < -0.4 is 0 Å². The fourth-order valence-corrected chi connectivity index (χ4v) is 10.2. The second-order valence-corrected chi connectivity index (χ2v) is 13.8. The van der Waals surface area contributed by atoms with Gasteiger partial charge in [-0.15, -0.1) is 11.6 Å². The van der Waals surface area contributed by atoms with E-state index >= 15 is 0 Å². The maximum absolute atomic E-state index is 10.3. The Bertz CT molecular complexity index is 883. The van der Waals surface area contributed by atoms with Gasteiger partial charge in [0, 0.05) is 30.9 Å². The molecule has 0 radical (unpaired) electrons. The molecule has 34 heavy (non-hydrogen) atoms. The lowest BCUT2D eigenvalue weighted by Gasteiger charge is -2.49. The summed E-state index contributed by atoms with van der Waals surface area (Å²) < 4.78 is 7.17. The number of likely N-dealkylation sites (tertiary alicyclic amines) is 1. The second-order valence-electron chi connectivity index (χ2n) is 13.4. The summed E-state index contributed by atoms with van der Waals surface area (Å²) in [6.45, 7) is 12.0. The van der Waals surface area contributed by atoms with E-state index in [1.807, 2.05) is 0 Å². The third kappa shape index (κ3) is 3.54. The van der Waals surface area contributed by atoms with Crippen molar-refractivity contribution >= 4 is 11.6 Å². The van der Waals surface area contributed by atoms with Crippen LogP contribution in [0.4, 0.5) is 0 Å². The third-order valence-corrected chi connectivity index (χ3v) is 11.8. The van der Waals surface area contributed by atoms with Gasteiger partial charge in [0.1, 0.15) is 0 Å². The molecule has 190 valence electrons. The highest BCUT2D eigenvalue weighted by atomic mass is 35.5. The van der Waals surface area contributed by atoms with E-state index in [0.717, 1.165) is 43.0 Å². The molecule has 2 aliphatic heterocycles.